The Morgan fingerprint density at radius 2 is 1.71 bits per heavy atom. The number of carbonyl (C=O) groups is 1. The summed E-state index contributed by atoms with van der Waals surface area (Å²) < 4.78 is 32.2. The van der Waals surface area contributed by atoms with Crippen LogP contribution in [0.15, 0.2) is 53.4 Å². The fourth-order valence-electron chi connectivity index (χ4n) is 2.35. The molecule has 2 rings (SSSR count). The molecule has 2 aromatic carbocycles. The van der Waals surface area contributed by atoms with Crippen LogP contribution < -0.4 is 4.31 Å². The Bertz CT molecular complexity index is 816. The van der Waals surface area contributed by atoms with Gasteiger partial charge < -0.3 is 4.74 Å². The van der Waals surface area contributed by atoms with Gasteiger partial charge in [0.2, 0.25) is 0 Å². The molecule has 0 heterocycles. The largest absolute Gasteiger partial charge is 0.465 e. The number of nitrogens with zero attached hydrogens (tertiary/aromatic N) is 1. The molecule has 128 valence electrons. The molecule has 0 saturated heterocycles. The molecule has 0 saturated carbocycles. The van der Waals surface area contributed by atoms with Gasteiger partial charge in [0.25, 0.3) is 10.0 Å². The first kappa shape index (κ1) is 18.0. The molecule has 0 aliphatic rings. The van der Waals surface area contributed by atoms with Gasteiger partial charge >= 0.3 is 5.97 Å². The third kappa shape index (κ3) is 3.76. The number of hydrogen-bond acceptors (Lipinski definition) is 4. The highest BCUT2D eigenvalue weighted by Gasteiger charge is 2.28. The quantitative estimate of drug-likeness (QED) is 0.754. The summed E-state index contributed by atoms with van der Waals surface area (Å²) in [5.41, 5.74) is 2.23. The number of hydrogen-bond donors (Lipinski definition) is 0. The van der Waals surface area contributed by atoms with Crippen molar-refractivity contribution in [3.8, 4) is 0 Å². The molecule has 5 nitrogen and oxygen atoms in total. The van der Waals surface area contributed by atoms with Crippen molar-refractivity contribution in [3.05, 3.63) is 59.7 Å². The van der Waals surface area contributed by atoms with E-state index in [0.717, 1.165) is 15.4 Å². The molecule has 0 aliphatic heterocycles. The van der Waals surface area contributed by atoms with E-state index in [9.17, 15) is 13.2 Å². The number of anilines is 1. The van der Waals surface area contributed by atoms with Gasteiger partial charge in [0.05, 0.1) is 17.2 Å². The van der Waals surface area contributed by atoms with Crippen LogP contribution in [0.3, 0.4) is 0 Å². The lowest BCUT2D eigenvalue weighted by molar-refractivity contribution is -0.141. The minimum absolute atomic E-state index is 0.134. The van der Waals surface area contributed by atoms with Crippen LogP contribution in [0.1, 0.15) is 18.1 Å². The van der Waals surface area contributed by atoms with Crippen molar-refractivity contribution in [3.63, 3.8) is 0 Å². The first-order valence-corrected chi connectivity index (χ1v) is 9.11. The van der Waals surface area contributed by atoms with Crippen LogP contribution in [0, 0.1) is 13.8 Å². The van der Waals surface area contributed by atoms with Crippen LogP contribution >= 0.6 is 0 Å². The van der Waals surface area contributed by atoms with Gasteiger partial charge in [-0.1, -0.05) is 30.3 Å². The summed E-state index contributed by atoms with van der Waals surface area (Å²) in [7, 11) is -3.87. The van der Waals surface area contributed by atoms with E-state index in [2.05, 4.69) is 0 Å². The number of benzene rings is 2. The predicted molar refractivity (Wildman–Crippen MR) is 93.5 cm³/mol. The van der Waals surface area contributed by atoms with Crippen molar-refractivity contribution < 1.29 is 17.9 Å². The Morgan fingerprint density at radius 3 is 2.33 bits per heavy atom. The molecular weight excluding hydrogens is 326 g/mol. The first-order chi connectivity index (χ1) is 11.4. The molecule has 0 bridgehead atoms. The number of sulfonamides is 1. The van der Waals surface area contributed by atoms with Crippen LogP contribution in [-0.4, -0.2) is 27.5 Å². The first-order valence-electron chi connectivity index (χ1n) is 7.67. The smallest absolute Gasteiger partial charge is 0.326 e. The highest BCUT2D eigenvalue weighted by molar-refractivity contribution is 7.92. The van der Waals surface area contributed by atoms with E-state index >= 15 is 0 Å². The Hall–Kier alpha value is -2.34. The molecule has 24 heavy (non-hydrogen) atoms. The Balaban J connectivity index is 2.55. The molecular formula is C18H21NO4S. The number of aryl methyl sites for hydroxylation is 1. The van der Waals surface area contributed by atoms with E-state index < -0.39 is 16.0 Å². The maximum absolute atomic E-state index is 13.1. The lowest BCUT2D eigenvalue weighted by Gasteiger charge is -2.25. The van der Waals surface area contributed by atoms with E-state index in [0.29, 0.717) is 5.69 Å². The molecule has 0 amide bonds. The van der Waals surface area contributed by atoms with Crippen molar-refractivity contribution in [1.82, 2.24) is 0 Å². The summed E-state index contributed by atoms with van der Waals surface area (Å²) >= 11 is 0. The molecule has 2 aromatic rings. The zero-order chi connectivity index (χ0) is 17.7. The monoisotopic (exact) mass is 347 g/mol. The topological polar surface area (TPSA) is 63.7 Å². The Labute approximate surface area is 142 Å². The molecule has 0 radical (unpaired) electrons. The summed E-state index contributed by atoms with van der Waals surface area (Å²) in [6.45, 7) is 5.26. The lowest BCUT2D eigenvalue weighted by Crippen LogP contribution is -2.37. The second kappa shape index (κ2) is 7.49. The van der Waals surface area contributed by atoms with Crippen LogP contribution in [-0.2, 0) is 19.6 Å². The summed E-state index contributed by atoms with van der Waals surface area (Å²) in [5.74, 6) is -0.585. The van der Waals surface area contributed by atoms with E-state index in [1.807, 2.05) is 19.9 Å². The van der Waals surface area contributed by atoms with Gasteiger partial charge in [0.1, 0.15) is 6.54 Å². The van der Waals surface area contributed by atoms with Crippen molar-refractivity contribution in [2.45, 2.75) is 25.7 Å². The minimum Gasteiger partial charge on any atom is -0.465 e. The van der Waals surface area contributed by atoms with E-state index in [4.69, 9.17) is 4.74 Å². The van der Waals surface area contributed by atoms with Gasteiger partial charge in [0.15, 0.2) is 0 Å². The maximum atomic E-state index is 13.1. The van der Waals surface area contributed by atoms with Gasteiger partial charge in [0, 0.05) is 0 Å². The van der Waals surface area contributed by atoms with E-state index in [1.165, 1.54) is 12.1 Å². The van der Waals surface area contributed by atoms with Crippen LogP contribution in [0.25, 0.3) is 0 Å². The molecule has 0 fully saturated rings. The average Bonchev–Trinajstić information content (AvgIpc) is 2.56. The average molecular weight is 347 g/mol. The SMILES string of the molecule is CCOC(=O)CN(c1cccc(C)c1C)S(=O)(=O)c1ccccc1. The second-order valence-corrected chi connectivity index (χ2v) is 7.21. The number of ether oxygens (including phenoxy) is 1. The fourth-order valence-corrected chi connectivity index (χ4v) is 3.84. The van der Waals surface area contributed by atoms with Gasteiger partial charge in [-0.3, -0.25) is 9.10 Å². The van der Waals surface area contributed by atoms with Gasteiger partial charge in [-0.05, 0) is 50.1 Å². The molecule has 0 aliphatic carbocycles. The Morgan fingerprint density at radius 1 is 1.04 bits per heavy atom. The molecule has 0 unspecified atom stereocenters. The number of esters is 1. The predicted octanol–water partition coefficient (Wildman–Crippen LogP) is 3.06. The van der Waals surface area contributed by atoms with Crippen molar-refractivity contribution in [1.29, 1.82) is 0 Å². The van der Waals surface area contributed by atoms with E-state index in [1.54, 1.807) is 37.3 Å². The number of rotatable bonds is 6. The normalized spacial score (nSPS) is 11.1. The zero-order valence-electron chi connectivity index (χ0n) is 14.0. The van der Waals surface area contributed by atoms with Crippen molar-refractivity contribution >= 4 is 21.7 Å². The van der Waals surface area contributed by atoms with Gasteiger partial charge in [-0.15, -0.1) is 0 Å². The number of carbonyl (C=O) groups excluding carboxylic acids is 1. The molecule has 0 spiro atoms. The Kier molecular flexibility index (Phi) is 5.62. The van der Waals surface area contributed by atoms with Gasteiger partial charge in [-0.25, -0.2) is 8.42 Å². The highest BCUT2D eigenvalue weighted by atomic mass is 32.2. The highest BCUT2D eigenvalue weighted by Crippen LogP contribution is 2.28. The summed E-state index contributed by atoms with van der Waals surface area (Å²) in [5, 5.41) is 0. The van der Waals surface area contributed by atoms with Crippen LogP contribution in [0.2, 0.25) is 0 Å². The molecule has 0 N–H and O–H groups in total. The van der Waals surface area contributed by atoms with Crippen LogP contribution in [0.5, 0.6) is 0 Å². The van der Waals surface area contributed by atoms with Crippen LogP contribution in [0.4, 0.5) is 5.69 Å². The molecule has 0 aromatic heterocycles. The maximum Gasteiger partial charge on any atom is 0.326 e. The second-order valence-electron chi connectivity index (χ2n) is 5.35. The summed E-state index contributed by atoms with van der Waals surface area (Å²) in [6, 6.07) is 13.4. The molecule has 6 heteroatoms. The minimum atomic E-state index is -3.87. The van der Waals surface area contributed by atoms with E-state index in [-0.39, 0.29) is 18.0 Å². The lowest BCUT2D eigenvalue weighted by atomic mass is 10.1. The van der Waals surface area contributed by atoms with Crippen molar-refractivity contribution in [2.24, 2.45) is 0 Å². The standard InChI is InChI=1S/C18H21NO4S/c1-4-23-18(20)13-19(17-12-8-9-14(2)15(17)3)24(21,22)16-10-6-5-7-11-16/h5-12H,4,13H2,1-3H3. The third-order valence-electron chi connectivity index (χ3n) is 3.75. The molecule has 0 atom stereocenters. The van der Waals surface area contributed by atoms with Crippen molar-refractivity contribution in [2.75, 3.05) is 17.5 Å². The third-order valence-corrected chi connectivity index (χ3v) is 5.53. The fraction of sp³-hybridized carbons (Fsp3) is 0.278. The zero-order valence-corrected chi connectivity index (χ0v) is 14.8. The summed E-state index contributed by atoms with van der Waals surface area (Å²) in [6.07, 6.45) is 0. The van der Waals surface area contributed by atoms with Gasteiger partial charge in [-0.2, -0.15) is 0 Å². The summed E-state index contributed by atoms with van der Waals surface area (Å²) in [4.78, 5) is 12.1.